The molecule has 0 amide bonds. The second-order valence-corrected chi connectivity index (χ2v) is 4.78. The van der Waals surface area contributed by atoms with Gasteiger partial charge in [-0.25, -0.2) is 0 Å². The Bertz CT molecular complexity index is 605. The van der Waals surface area contributed by atoms with Crippen molar-refractivity contribution in [2.45, 2.75) is 26.8 Å². The zero-order valence-corrected chi connectivity index (χ0v) is 11.6. The zero-order valence-electron chi connectivity index (χ0n) is 11.6. The van der Waals surface area contributed by atoms with Crippen molar-refractivity contribution < 1.29 is 10.2 Å². The molecule has 3 N–H and O–H groups in total. The van der Waals surface area contributed by atoms with E-state index in [9.17, 15) is 10.2 Å². The van der Waals surface area contributed by atoms with Crippen molar-refractivity contribution in [3.63, 3.8) is 0 Å². The van der Waals surface area contributed by atoms with Crippen LogP contribution in [0.25, 0.3) is 0 Å². The van der Waals surface area contributed by atoms with Crippen molar-refractivity contribution in [1.82, 2.24) is 9.78 Å². The highest BCUT2D eigenvalue weighted by Crippen LogP contribution is 2.31. The van der Waals surface area contributed by atoms with E-state index in [0.29, 0.717) is 5.56 Å². The maximum absolute atomic E-state index is 9.86. The van der Waals surface area contributed by atoms with E-state index in [1.54, 1.807) is 6.07 Å². The van der Waals surface area contributed by atoms with Gasteiger partial charge in [0.05, 0.1) is 23.1 Å². The molecule has 1 atom stereocenters. The molecule has 0 aliphatic rings. The third-order valence-electron chi connectivity index (χ3n) is 3.35. The van der Waals surface area contributed by atoms with Crippen molar-refractivity contribution in [2.75, 3.05) is 5.32 Å². The highest BCUT2D eigenvalue weighted by Gasteiger charge is 2.15. The Labute approximate surface area is 112 Å². The average molecular weight is 261 g/mol. The van der Waals surface area contributed by atoms with Gasteiger partial charge in [-0.1, -0.05) is 0 Å². The summed E-state index contributed by atoms with van der Waals surface area (Å²) >= 11 is 0. The Morgan fingerprint density at radius 3 is 2.53 bits per heavy atom. The molecule has 1 aromatic heterocycles. The van der Waals surface area contributed by atoms with Crippen LogP contribution in [-0.4, -0.2) is 20.0 Å². The van der Waals surface area contributed by atoms with Crippen LogP contribution in [0.1, 0.15) is 29.9 Å². The molecule has 0 saturated carbocycles. The highest BCUT2D eigenvalue weighted by molar-refractivity contribution is 5.54. The topological polar surface area (TPSA) is 70.3 Å². The third-order valence-corrected chi connectivity index (χ3v) is 3.35. The Balaban J connectivity index is 2.30. The fraction of sp³-hybridized carbons (Fsp3) is 0.357. The molecular formula is C14H19N3O2. The quantitative estimate of drug-likeness (QED) is 0.743. The number of benzene rings is 1. The first kappa shape index (κ1) is 13.3. The summed E-state index contributed by atoms with van der Waals surface area (Å²) in [5, 5.41) is 27.0. The van der Waals surface area contributed by atoms with Gasteiger partial charge in [0.2, 0.25) is 0 Å². The normalized spacial score (nSPS) is 12.4. The number of aryl methyl sites for hydroxylation is 2. The lowest BCUT2D eigenvalue weighted by Gasteiger charge is -2.17. The zero-order chi connectivity index (χ0) is 14.2. The van der Waals surface area contributed by atoms with Crippen LogP contribution < -0.4 is 5.32 Å². The number of phenols is 2. The molecule has 1 aromatic carbocycles. The van der Waals surface area contributed by atoms with E-state index in [-0.39, 0.29) is 17.5 Å². The van der Waals surface area contributed by atoms with Crippen molar-refractivity contribution in [3.05, 3.63) is 35.2 Å². The number of aromatic hydroxyl groups is 2. The van der Waals surface area contributed by atoms with Gasteiger partial charge < -0.3 is 15.5 Å². The summed E-state index contributed by atoms with van der Waals surface area (Å²) in [6, 6.07) is 4.39. The number of hydrogen-bond donors (Lipinski definition) is 3. The van der Waals surface area contributed by atoms with Crippen molar-refractivity contribution in [3.8, 4) is 11.5 Å². The first-order valence-corrected chi connectivity index (χ1v) is 6.18. The van der Waals surface area contributed by atoms with Gasteiger partial charge in [0, 0.05) is 12.6 Å². The van der Waals surface area contributed by atoms with Crippen LogP contribution in [0, 0.1) is 13.8 Å². The number of anilines is 1. The summed E-state index contributed by atoms with van der Waals surface area (Å²) in [4.78, 5) is 0. The number of nitrogens with zero attached hydrogens (tertiary/aromatic N) is 2. The van der Waals surface area contributed by atoms with E-state index in [0.717, 1.165) is 17.1 Å². The molecule has 0 radical (unpaired) electrons. The lowest BCUT2D eigenvalue weighted by atomic mass is 10.1. The van der Waals surface area contributed by atoms with Crippen LogP contribution in [0.2, 0.25) is 0 Å². The minimum atomic E-state index is -0.131. The van der Waals surface area contributed by atoms with Crippen LogP contribution >= 0.6 is 0 Å². The molecule has 0 spiro atoms. The molecule has 2 rings (SSSR count). The van der Waals surface area contributed by atoms with Gasteiger partial charge in [0.15, 0.2) is 0 Å². The molecule has 5 heteroatoms. The molecular weight excluding hydrogens is 242 g/mol. The Morgan fingerprint density at radius 2 is 1.95 bits per heavy atom. The molecule has 0 fully saturated rings. The molecule has 102 valence electrons. The van der Waals surface area contributed by atoms with Crippen molar-refractivity contribution in [1.29, 1.82) is 0 Å². The lowest BCUT2D eigenvalue weighted by molar-refractivity contribution is 0.451. The van der Waals surface area contributed by atoms with Gasteiger partial charge in [0.25, 0.3) is 0 Å². The van der Waals surface area contributed by atoms with Crippen LogP contribution in [0.3, 0.4) is 0 Å². The second-order valence-electron chi connectivity index (χ2n) is 4.78. The molecule has 2 aromatic rings. The summed E-state index contributed by atoms with van der Waals surface area (Å²) in [7, 11) is 1.89. The molecule has 1 unspecified atom stereocenters. The predicted octanol–water partition coefficient (Wildman–Crippen LogP) is 2.62. The monoisotopic (exact) mass is 261 g/mol. The van der Waals surface area contributed by atoms with Crippen LogP contribution in [0.4, 0.5) is 5.69 Å². The van der Waals surface area contributed by atoms with Crippen LogP contribution in [0.15, 0.2) is 18.2 Å². The largest absolute Gasteiger partial charge is 0.508 e. The molecule has 5 nitrogen and oxygen atoms in total. The number of phenolic OH excluding ortho intramolecular Hbond substituents is 2. The van der Waals surface area contributed by atoms with Crippen molar-refractivity contribution >= 4 is 5.69 Å². The minimum Gasteiger partial charge on any atom is -0.508 e. The fourth-order valence-corrected chi connectivity index (χ4v) is 2.17. The Morgan fingerprint density at radius 1 is 1.26 bits per heavy atom. The second kappa shape index (κ2) is 4.84. The molecule has 0 aliphatic carbocycles. The molecule has 0 bridgehead atoms. The van der Waals surface area contributed by atoms with Gasteiger partial charge in [-0.2, -0.15) is 5.10 Å². The smallest absolute Gasteiger partial charge is 0.121 e. The van der Waals surface area contributed by atoms with Gasteiger partial charge in [-0.3, -0.25) is 4.68 Å². The van der Waals surface area contributed by atoms with E-state index < -0.39 is 0 Å². The summed E-state index contributed by atoms with van der Waals surface area (Å²) in [6.45, 7) is 5.85. The van der Waals surface area contributed by atoms with Crippen LogP contribution in [-0.2, 0) is 7.05 Å². The Hall–Kier alpha value is -2.17. The van der Waals surface area contributed by atoms with Gasteiger partial charge in [-0.05, 0) is 39.0 Å². The van der Waals surface area contributed by atoms with Gasteiger partial charge in [0.1, 0.15) is 11.5 Å². The molecule has 0 aliphatic heterocycles. The standard InChI is InChI=1S/C14H19N3O2/c1-8(12-7-11(18)5-6-13(12)19)15-14-9(2)16-17(4)10(14)3/h5-8,15,18-19H,1-4H3. The fourth-order valence-electron chi connectivity index (χ4n) is 2.17. The molecule has 19 heavy (non-hydrogen) atoms. The minimum absolute atomic E-state index is 0.131. The third kappa shape index (κ3) is 2.50. The van der Waals surface area contributed by atoms with Gasteiger partial charge >= 0.3 is 0 Å². The maximum Gasteiger partial charge on any atom is 0.121 e. The van der Waals surface area contributed by atoms with E-state index >= 15 is 0 Å². The molecule has 1 heterocycles. The summed E-state index contributed by atoms with van der Waals surface area (Å²) in [5.74, 6) is 0.304. The van der Waals surface area contributed by atoms with Gasteiger partial charge in [-0.15, -0.1) is 0 Å². The van der Waals surface area contributed by atoms with E-state index in [4.69, 9.17) is 0 Å². The number of aromatic nitrogens is 2. The van der Waals surface area contributed by atoms with E-state index in [1.165, 1.54) is 12.1 Å². The summed E-state index contributed by atoms with van der Waals surface area (Å²) < 4.78 is 1.81. The summed E-state index contributed by atoms with van der Waals surface area (Å²) in [5.41, 5.74) is 3.55. The first-order chi connectivity index (χ1) is 8.90. The highest BCUT2D eigenvalue weighted by atomic mass is 16.3. The first-order valence-electron chi connectivity index (χ1n) is 6.18. The number of nitrogens with one attached hydrogen (secondary N) is 1. The van der Waals surface area contributed by atoms with Crippen molar-refractivity contribution in [2.24, 2.45) is 7.05 Å². The average Bonchev–Trinajstić information content (AvgIpc) is 2.59. The maximum atomic E-state index is 9.86. The predicted molar refractivity (Wildman–Crippen MR) is 74.5 cm³/mol. The Kier molecular flexibility index (Phi) is 3.38. The van der Waals surface area contributed by atoms with E-state index in [1.807, 2.05) is 32.5 Å². The SMILES string of the molecule is Cc1nn(C)c(C)c1NC(C)c1cc(O)ccc1O. The number of hydrogen-bond acceptors (Lipinski definition) is 4. The summed E-state index contributed by atoms with van der Waals surface area (Å²) in [6.07, 6.45) is 0. The molecule has 0 saturated heterocycles. The lowest BCUT2D eigenvalue weighted by Crippen LogP contribution is -2.08. The number of rotatable bonds is 3. The van der Waals surface area contributed by atoms with E-state index in [2.05, 4.69) is 10.4 Å². The van der Waals surface area contributed by atoms with Crippen LogP contribution in [0.5, 0.6) is 11.5 Å².